The zero-order valence-electron chi connectivity index (χ0n) is 8.26. The van der Waals surface area contributed by atoms with Crippen molar-refractivity contribution in [1.29, 1.82) is 0 Å². The van der Waals surface area contributed by atoms with Gasteiger partial charge in [0.05, 0.1) is 0 Å². The van der Waals surface area contributed by atoms with E-state index in [1.54, 1.807) is 0 Å². The summed E-state index contributed by atoms with van der Waals surface area (Å²) in [6.07, 6.45) is 0.220. The zero-order chi connectivity index (χ0) is 10.5. The highest BCUT2D eigenvalue weighted by atomic mass is 16.6. The molecule has 0 radical (unpaired) electrons. The summed E-state index contributed by atoms with van der Waals surface area (Å²) in [6, 6.07) is 9.54. The number of benzene rings is 1. The van der Waals surface area contributed by atoms with E-state index in [1.165, 1.54) is 0 Å². The molecule has 1 saturated heterocycles. The number of aldehydes is 1. The topological polar surface area (TPSA) is 47.6 Å². The predicted molar refractivity (Wildman–Crippen MR) is 54.7 cm³/mol. The normalized spacial score (nSPS) is 25.1. The van der Waals surface area contributed by atoms with Crippen molar-refractivity contribution in [1.82, 2.24) is 5.32 Å². The Morgan fingerprint density at radius 1 is 1.47 bits per heavy atom. The number of nitrogens with one attached hydrogen (secondary N) is 1. The minimum Gasteiger partial charge on any atom is -0.491 e. The lowest BCUT2D eigenvalue weighted by molar-refractivity contribution is -0.118. The van der Waals surface area contributed by atoms with Crippen LogP contribution >= 0.6 is 0 Å². The van der Waals surface area contributed by atoms with Gasteiger partial charge in [-0.05, 0) is 12.1 Å². The Bertz CT molecular complexity index is 315. The van der Waals surface area contributed by atoms with Gasteiger partial charge < -0.3 is 9.47 Å². The molecule has 2 atom stereocenters. The van der Waals surface area contributed by atoms with E-state index < -0.39 is 6.23 Å². The highest BCUT2D eigenvalue weighted by Gasteiger charge is 2.24. The molecule has 15 heavy (non-hydrogen) atoms. The highest BCUT2D eigenvalue weighted by molar-refractivity contribution is 5.55. The zero-order valence-corrected chi connectivity index (χ0v) is 8.26. The number of rotatable bonds is 4. The van der Waals surface area contributed by atoms with Crippen molar-refractivity contribution in [2.45, 2.75) is 12.3 Å². The number of carbonyl (C=O) groups is 1. The Balaban J connectivity index is 1.77. The average Bonchev–Trinajstić information content (AvgIpc) is 2.76. The fourth-order valence-electron chi connectivity index (χ4n) is 1.44. The maximum atomic E-state index is 10.4. The SMILES string of the molecule is O=CC1NCC(COc2ccccc2)O1. The van der Waals surface area contributed by atoms with Crippen LogP contribution in [0.4, 0.5) is 0 Å². The van der Waals surface area contributed by atoms with Gasteiger partial charge in [0, 0.05) is 6.54 Å². The van der Waals surface area contributed by atoms with Gasteiger partial charge in [-0.2, -0.15) is 0 Å². The van der Waals surface area contributed by atoms with Crippen LogP contribution in [0, 0.1) is 0 Å². The van der Waals surface area contributed by atoms with E-state index in [2.05, 4.69) is 5.32 Å². The van der Waals surface area contributed by atoms with Gasteiger partial charge in [0.25, 0.3) is 0 Å². The smallest absolute Gasteiger partial charge is 0.165 e. The summed E-state index contributed by atoms with van der Waals surface area (Å²) in [5.41, 5.74) is 0. The Morgan fingerprint density at radius 2 is 2.27 bits per heavy atom. The van der Waals surface area contributed by atoms with E-state index in [-0.39, 0.29) is 6.10 Å². The molecule has 1 fully saturated rings. The van der Waals surface area contributed by atoms with Gasteiger partial charge >= 0.3 is 0 Å². The number of para-hydroxylation sites is 1. The number of hydrogen-bond acceptors (Lipinski definition) is 4. The molecule has 0 aliphatic carbocycles. The molecule has 2 unspecified atom stereocenters. The van der Waals surface area contributed by atoms with Gasteiger partial charge in [0.15, 0.2) is 12.5 Å². The molecule has 1 aliphatic rings. The average molecular weight is 207 g/mol. The molecular formula is C11H13NO3. The molecule has 1 N–H and O–H groups in total. The van der Waals surface area contributed by atoms with Gasteiger partial charge in [-0.1, -0.05) is 18.2 Å². The molecule has 0 spiro atoms. The second-order valence-electron chi connectivity index (χ2n) is 3.35. The van der Waals surface area contributed by atoms with Crippen LogP contribution in [-0.2, 0) is 9.53 Å². The van der Waals surface area contributed by atoms with Crippen LogP contribution in [0.2, 0.25) is 0 Å². The first-order chi connectivity index (χ1) is 7.38. The summed E-state index contributed by atoms with van der Waals surface area (Å²) in [4.78, 5) is 10.4. The number of ether oxygens (including phenoxy) is 2. The molecule has 0 saturated carbocycles. The fourth-order valence-corrected chi connectivity index (χ4v) is 1.44. The maximum Gasteiger partial charge on any atom is 0.165 e. The summed E-state index contributed by atoms with van der Waals surface area (Å²) < 4.78 is 10.8. The standard InChI is InChI=1S/C11H13NO3/c13-7-11-12-6-10(15-11)8-14-9-4-2-1-3-5-9/h1-5,7,10-12H,6,8H2. The molecule has 1 aromatic carbocycles. The van der Waals surface area contributed by atoms with Crippen LogP contribution in [0.1, 0.15) is 0 Å². The van der Waals surface area contributed by atoms with E-state index in [4.69, 9.17) is 9.47 Å². The van der Waals surface area contributed by atoms with E-state index in [9.17, 15) is 4.79 Å². The second kappa shape index (κ2) is 4.91. The Labute approximate surface area is 88.2 Å². The van der Waals surface area contributed by atoms with Crippen molar-refractivity contribution < 1.29 is 14.3 Å². The fraction of sp³-hybridized carbons (Fsp3) is 0.364. The van der Waals surface area contributed by atoms with Crippen LogP contribution in [0.5, 0.6) is 5.75 Å². The summed E-state index contributed by atoms with van der Waals surface area (Å²) in [5, 5.41) is 2.92. The lowest BCUT2D eigenvalue weighted by atomic mass is 10.3. The monoisotopic (exact) mass is 207 g/mol. The van der Waals surface area contributed by atoms with Crippen LogP contribution in [0.15, 0.2) is 30.3 Å². The molecule has 1 heterocycles. The molecule has 80 valence electrons. The van der Waals surface area contributed by atoms with Crippen LogP contribution < -0.4 is 10.1 Å². The van der Waals surface area contributed by atoms with Crippen molar-refractivity contribution in [2.75, 3.05) is 13.2 Å². The Kier molecular flexibility index (Phi) is 3.32. The molecule has 0 amide bonds. The van der Waals surface area contributed by atoms with E-state index in [0.717, 1.165) is 12.0 Å². The third-order valence-corrected chi connectivity index (χ3v) is 2.19. The maximum absolute atomic E-state index is 10.4. The van der Waals surface area contributed by atoms with Crippen LogP contribution in [0.25, 0.3) is 0 Å². The van der Waals surface area contributed by atoms with Gasteiger partial charge in [0.1, 0.15) is 18.5 Å². The van der Waals surface area contributed by atoms with Gasteiger partial charge in [-0.3, -0.25) is 10.1 Å². The van der Waals surface area contributed by atoms with Crippen LogP contribution in [0.3, 0.4) is 0 Å². The Morgan fingerprint density at radius 3 is 2.93 bits per heavy atom. The second-order valence-corrected chi connectivity index (χ2v) is 3.35. The summed E-state index contributed by atoms with van der Waals surface area (Å²) >= 11 is 0. The molecule has 4 nitrogen and oxygen atoms in total. The first kappa shape index (κ1) is 10.1. The van der Waals surface area contributed by atoms with Crippen molar-refractivity contribution in [3.8, 4) is 5.75 Å². The first-order valence-corrected chi connectivity index (χ1v) is 4.90. The number of carbonyl (C=O) groups excluding carboxylic acids is 1. The third kappa shape index (κ3) is 2.78. The predicted octanol–water partition coefficient (Wildman–Crippen LogP) is 0.579. The summed E-state index contributed by atoms with van der Waals surface area (Å²) in [6.45, 7) is 1.11. The lowest BCUT2D eigenvalue weighted by Crippen LogP contribution is -2.23. The van der Waals surface area contributed by atoms with Crippen molar-refractivity contribution in [2.24, 2.45) is 0 Å². The van der Waals surface area contributed by atoms with Crippen molar-refractivity contribution >= 4 is 6.29 Å². The lowest BCUT2D eigenvalue weighted by Gasteiger charge is -2.10. The van der Waals surface area contributed by atoms with Crippen molar-refractivity contribution in [3.63, 3.8) is 0 Å². The van der Waals surface area contributed by atoms with E-state index in [1.807, 2.05) is 30.3 Å². The molecule has 2 rings (SSSR count). The van der Waals surface area contributed by atoms with Crippen LogP contribution in [-0.4, -0.2) is 31.8 Å². The largest absolute Gasteiger partial charge is 0.491 e. The molecular weight excluding hydrogens is 194 g/mol. The van der Waals surface area contributed by atoms with Gasteiger partial charge in [-0.25, -0.2) is 0 Å². The third-order valence-electron chi connectivity index (χ3n) is 2.19. The molecule has 4 heteroatoms. The summed E-state index contributed by atoms with van der Waals surface area (Å²) in [7, 11) is 0. The van der Waals surface area contributed by atoms with Crippen molar-refractivity contribution in [3.05, 3.63) is 30.3 Å². The number of hydrogen-bond donors (Lipinski definition) is 1. The first-order valence-electron chi connectivity index (χ1n) is 4.90. The van der Waals surface area contributed by atoms with Gasteiger partial charge in [-0.15, -0.1) is 0 Å². The minimum atomic E-state index is -0.477. The summed E-state index contributed by atoms with van der Waals surface area (Å²) in [5.74, 6) is 0.815. The highest BCUT2D eigenvalue weighted by Crippen LogP contribution is 2.10. The molecule has 0 bridgehead atoms. The minimum absolute atomic E-state index is 0.0552. The van der Waals surface area contributed by atoms with E-state index in [0.29, 0.717) is 13.2 Å². The molecule has 1 aromatic rings. The van der Waals surface area contributed by atoms with E-state index >= 15 is 0 Å². The molecule has 0 aromatic heterocycles. The quantitative estimate of drug-likeness (QED) is 0.734. The Hall–Kier alpha value is -1.39. The van der Waals surface area contributed by atoms with Gasteiger partial charge in [0.2, 0.25) is 0 Å². The molecule has 1 aliphatic heterocycles.